The molecule has 1 aromatic heterocycles. The summed E-state index contributed by atoms with van der Waals surface area (Å²) in [5.74, 6) is 0.553. The first-order chi connectivity index (χ1) is 9.19. The second-order valence-corrected chi connectivity index (χ2v) is 4.48. The van der Waals surface area contributed by atoms with E-state index >= 15 is 0 Å². The van der Waals surface area contributed by atoms with E-state index in [1.54, 1.807) is 18.4 Å². The maximum atomic E-state index is 13.7. The van der Waals surface area contributed by atoms with E-state index in [0.717, 1.165) is 12.2 Å². The van der Waals surface area contributed by atoms with Crippen molar-refractivity contribution >= 4 is 0 Å². The molecule has 2 rings (SSSR count). The summed E-state index contributed by atoms with van der Waals surface area (Å²) in [5, 5.41) is 11.9. The predicted octanol–water partition coefficient (Wildman–Crippen LogP) is 3.01. The maximum Gasteiger partial charge on any atom is 0.129 e. The number of nitrogens with zero attached hydrogens (tertiary/aromatic N) is 1. The molecule has 0 saturated carbocycles. The van der Waals surface area contributed by atoms with Gasteiger partial charge in [-0.15, -0.1) is 0 Å². The molecular weight excluding hydrogens is 243 g/mol. The molecule has 1 heterocycles. The average Bonchev–Trinajstić information content (AvgIpc) is 2.90. The van der Waals surface area contributed by atoms with Crippen molar-refractivity contribution in [3.05, 3.63) is 59.3 Å². The van der Waals surface area contributed by atoms with Gasteiger partial charge in [0.15, 0.2) is 0 Å². The van der Waals surface area contributed by atoms with Crippen LogP contribution < -0.4 is 5.32 Å². The van der Waals surface area contributed by atoms with Crippen LogP contribution in [0.2, 0.25) is 0 Å². The van der Waals surface area contributed by atoms with E-state index in [1.807, 2.05) is 25.1 Å². The molecule has 0 radical (unpaired) electrons. The van der Waals surface area contributed by atoms with Crippen molar-refractivity contribution in [3.63, 3.8) is 0 Å². The van der Waals surface area contributed by atoms with Crippen LogP contribution in [0.4, 0.5) is 4.39 Å². The van der Waals surface area contributed by atoms with Gasteiger partial charge < -0.3 is 9.73 Å². The molecule has 1 aromatic carbocycles. The van der Waals surface area contributed by atoms with Gasteiger partial charge in [0.25, 0.3) is 0 Å². The molecule has 2 aromatic rings. The molecule has 0 aliphatic carbocycles. The number of hydrogen-bond donors (Lipinski definition) is 1. The van der Waals surface area contributed by atoms with Gasteiger partial charge in [-0.1, -0.05) is 6.07 Å². The zero-order valence-electron chi connectivity index (χ0n) is 10.7. The largest absolute Gasteiger partial charge is 0.469 e. The van der Waals surface area contributed by atoms with E-state index in [1.165, 1.54) is 6.07 Å². The van der Waals surface area contributed by atoms with Crippen LogP contribution in [0.5, 0.6) is 0 Å². The van der Waals surface area contributed by atoms with Gasteiger partial charge in [-0.2, -0.15) is 5.26 Å². The van der Waals surface area contributed by atoms with Crippen molar-refractivity contribution in [2.75, 3.05) is 0 Å². The highest BCUT2D eigenvalue weighted by atomic mass is 19.1. The lowest BCUT2D eigenvalue weighted by Gasteiger charge is -2.13. The van der Waals surface area contributed by atoms with E-state index in [9.17, 15) is 4.39 Å². The Morgan fingerprint density at radius 1 is 1.42 bits per heavy atom. The molecule has 0 fully saturated rings. The Morgan fingerprint density at radius 3 is 2.89 bits per heavy atom. The molecule has 98 valence electrons. The van der Waals surface area contributed by atoms with Crippen LogP contribution in [-0.2, 0) is 13.0 Å². The second kappa shape index (κ2) is 6.17. The Morgan fingerprint density at radius 2 is 2.26 bits per heavy atom. The van der Waals surface area contributed by atoms with Gasteiger partial charge in [-0.3, -0.25) is 0 Å². The molecule has 1 atom stereocenters. The van der Waals surface area contributed by atoms with E-state index in [-0.39, 0.29) is 11.9 Å². The molecule has 19 heavy (non-hydrogen) atoms. The summed E-state index contributed by atoms with van der Waals surface area (Å²) >= 11 is 0. The topological polar surface area (TPSA) is 49.0 Å². The van der Waals surface area contributed by atoms with E-state index in [0.29, 0.717) is 17.7 Å². The number of benzene rings is 1. The molecule has 0 amide bonds. The van der Waals surface area contributed by atoms with E-state index < -0.39 is 0 Å². The summed E-state index contributed by atoms with van der Waals surface area (Å²) in [7, 11) is 0. The van der Waals surface area contributed by atoms with Crippen molar-refractivity contribution < 1.29 is 8.81 Å². The summed E-state index contributed by atoms with van der Waals surface area (Å²) in [4.78, 5) is 0. The minimum atomic E-state index is -0.350. The Bertz CT molecular complexity index is 572. The molecule has 4 heteroatoms. The van der Waals surface area contributed by atoms with Crippen LogP contribution in [0.1, 0.15) is 23.8 Å². The van der Waals surface area contributed by atoms with Gasteiger partial charge >= 0.3 is 0 Å². The van der Waals surface area contributed by atoms with Crippen molar-refractivity contribution in [3.8, 4) is 6.07 Å². The molecule has 0 aliphatic heterocycles. The van der Waals surface area contributed by atoms with Crippen molar-refractivity contribution in [2.24, 2.45) is 0 Å². The molecule has 0 aliphatic rings. The number of hydrogen-bond acceptors (Lipinski definition) is 3. The normalized spacial score (nSPS) is 12.1. The molecule has 1 N–H and O–H groups in total. The van der Waals surface area contributed by atoms with Gasteiger partial charge in [-0.25, -0.2) is 4.39 Å². The predicted molar refractivity (Wildman–Crippen MR) is 69.8 cm³/mol. The highest BCUT2D eigenvalue weighted by Crippen LogP contribution is 2.10. The number of furan rings is 1. The third-order valence-corrected chi connectivity index (χ3v) is 2.91. The van der Waals surface area contributed by atoms with E-state index in [2.05, 4.69) is 5.32 Å². The van der Waals surface area contributed by atoms with Crippen molar-refractivity contribution in [2.45, 2.75) is 25.9 Å². The standard InChI is InChI=1S/C15H15FN2O/c1-11(7-14-3-2-6-19-14)18-10-13-5-4-12(9-17)8-15(13)16/h2-6,8,11,18H,7,10H2,1H3. The van der Waals surface area contributed by atoms with Crippen molar-refractivity contribution in [1.29, 1.82) is 5.26 Å². The highest BCUT2D eigenvalue weighted by Gasteiger charge is 2.08. The maximum absolute atomic E-state index is 13.7. The third kappa shape index (κ3) is 3.67. The van der Waals surface area contributed by atoms with Crippen LogP contribution in [-0.4, -0.2) is 6.04 Å². The third-order valence-electron chi connectivity index (χ3n) is 2.91. The fourth-order valence-corrected chi connectivity index (χ4v) is 1.85. The molecule has 0 saturated heterocycles. The lowest BCUT2D eigenvalue weighted by molar-refractivity contribution is 0.453. The molecule has 0 bridgehead atoms. The van der Waals surface area contributed by atoms with Crippen LogP contribution in [0.25, 0.3) is 0 Å². The summed E-state index contributed by atoms with van der Waals surface area (Å²) in [6.45, 7) is 2.45. The fourth-order valence-electron chi connectivity index (χ4n) is 1.85. The van der Waals surface area contributed by atoms with Gasteiger partial charge in [0.05, 0.1) is 17.9 Å². The molecule has 0 spiro atoms. The smallest absolute Gasteiger partial charge is 0.129 e. The average molecular weight is 258 g/mol. The van der Waals surface area contributed by atoms with Gasteiger partial charge in [-0.05, 0) is 31.2 Å². The Hall–Kier alpha value is -2.12. The van der Waals surface area contributed by atoms with Crippen LogP contribution in [0.15, 0.2) is 41.0 Å². The van der Waals surface area contributed by atoms with Crippen LogP contribution in [0.3, 0.4) is 0 Å². The summed E-state index contributed by atoms with van der Waals surface area (Å²) in [5.41, 5.74) is 0.898. The summed E-state index contributed by atoms with van der Waals surface area (Å²) < 4.78 is 18.9. The molecular formula is C15H15FN2O. The first-order valence-corrected chi connectivity index (χ1v) is 6.13. The Balaban J connectivity index is 1.90. The highest BCUT2D eigenvalue weighted by molar-refractivity contribution is 5.32. The first-order valence-electron chi connectivity index (χ1n) is 6.13. The van der Waals surface area contributed by atoms with Crippen LogP contribution >= 0.6 is 0 Å². The van der Waals surface area contributed by atoms with E-state index in [4.69, 9.17) is 9.68 Å². The Kier molecular flexibility index (Phi) is 4.32. The SMILES string of the molecule is CC(Cc1ccco1)NCc1ccc(C#N)cc1F. The lowest BCUT2D eigenvalue weighted by atomic mass is 10.1. The number of nitriles is 1. The van der Waals surface area contributed by atoms with Gasteiger partial charge in [0.2, 0.25) is 0 Å². The minimum Gasteiger partial charge on any atom is -0.469 e. The number of rotatable bonds is 5. The first kappa shape index (κ1) is 13.3. The minimum absolute atomic E-state index is 0.182. The summed E-state index contributed by atoms with van der Waals surface area (Å²) in [6.07, 6.45) is 2.40. The van der Waals surface area contributed by atoms with Crippen LogP contribution in [0, 0.1) is 17.1 Å². The van der Waals surface area contributed by atoms with Gasteiger partial charge in [0.1, 0.15) is 11.6 Å². The lowest BCUT2D eigenvalue weighted by Crippen LogP contribution is -2.27. The fraction of sp³-hybridized carbons (Fsp3) is 0.267. The summed E-state index contributed by atoms with van der Waals surface area (Å²) in [6, 6.07) is 10.4. The zero-order valence-corrected chi connectivity index (χ0v) is 10.7. The van der Waals surface area contributed by atoms with Gasteiger partial charge in [0, 0.05) is 24.6 Å². The monoisotopic (exact) mass is 258 g/mol. The molecule has 1 unspecified atom stereocenters. The van der Waals surface area contributed by atoms with Crippen molar-refractivity contribution in [1.82, 2.24) is 5.32 Å². The zero-order chi connectivity index (χ0) is 13.7. The second-order valence-electron chi connectivity index (χ2n) is 4.48. The Labute approximate surface area is 111 Å². The number of nitrogens with one attached hydrogen (secondary N) is 1. The molecule has 3 nitrogen and oxygen atoms in total. The quantitative estimate of drug-likeness (QED) is 0.896. The number of halogens is 1.